The summed E-state index contributed by atoms with van der Waals surface area (Å²) in [5, 5.41) is 9.19. The molecule has 8 heteroatoms. The molecule has 31 heavy (non-hydrogen) atoms. The van der Waals surface area contributed by atoms with Gasteiger partial charge in [0.1, 0.15) is 0 Å². The SMILES string of the molecule is Cc1ccc(-n2c(SCc3nc(-c4ccsc4)no3)nc3ccccc3c2=O)c(C)c1. The Morgan fingerprint density at radius 1 is 1.10 bits per heavy atom. The molecule has 0 atom stereocenters. The van der Waals surface area contributed by atoms with Gasteiger partial charge in [-0.2, -0.15) is 16.3 Å². The van der Waals surface area contributed by atoms with Crippen LogP contribution in [0.3, 0.4) is 0 Å². The number of thioether (sulfide) groups is 1. The van der Waals surface area contributed by atoms with E-state index in [1.807, 2.05) is 67.1 Å². The van der Waals surface area contributed by atoms with E-state index >= 15 is 0 Å². The van der Waals surface area contributed by atoms with Crippen LogP contribution >= 0.6 is 23.1 Å². The Balaban J connectivity index is 1.56. The van der Waals surface area contributed by atoms with E-state index in [1.54, 1.807) is 15.9 Å². The third-order valence-electron chi connectivity index (χ3n) is 4.91. The van der Waals surface area contributed by atoms with Crippen molar-refractivity contribution in [3.8, 4) is 17.1 Å². The molecular weight excluding hydrogens is 428 g/mol. The van der Waals surface area contributed by atoms with Crippen LogP contribution in [0.2, 0.25) is 0 Å². The Morgan fingerprint density at radius 3 is 2.77 bits per heavy atom. The molecule has 6 nitrogen and oxygen atoms in total. The Labute approximate surface area is 186 Å². The van der Waals surface area contributed by atoms with E-state index in [0.29, 0.717) is 33.5 Å². The first-order valence-electron chi connectivity index (χ1n) is 9.67. The molecule has 0 saturated carbocycles. The van der Waals surface area contributed by atoms with E-state index in [1.165, 1.54) is 11.8 Å². The number of thiophene rings is 1. The van der Waals surface area contributed by atoms with Gasteiger partial charge in [0.05, 0.1) is 22.3 Å². The molecule has 0 saturated heterocycles. The van der Waals surface area contributed by atoms with E-state index in [9.17, 15) is 4.79 Å². The maximum Gasteiger partial charge on any atom is 0.266 e. The van der Waals surface area contributed by atoms with Crippen LogP contribution in [0.15, 0.2) is 73.8 Å². The number of aryl methyl sites for hydroxylation is 2. The maximum atomic E-state index is 13.4. The molecule has 0 aliphatic heterocycles. The highest BCUT2D eigenvalue weighted by Crippen LogP contribution is 2.27. The molecule has 3 heterocycles. The van der Waals surface area contributed by atoms with Crippen molar-refractivity contribution in [3.05, 3.63) is 86.7 Å². The predicted octanol–water partition coefficient (Wildman–Crippen LogP) is 5.41. The standard InChI is InChI=1S/C23H18N4O2S2/c1-14-7-8-19(15(2)11-14)27-22(28)17-5-3-4-6-18(17)24-23(27)31-13-20-25-21(26-29-20)16-9-10-30-12-16/h3-12H,13H2,1-2H3. The van der Waals surface area contributed by atoms with Crippen molar-refractivity contribution >= 4 is 34.0 Å². The van der Waals surface area contributed by atoms with Gasteiger partial charge in [0.25, 0.3) is 5.56 Å². The lowest BCUT2D eigenvalue weighted by Gasteiger charge is -2.15. The molecule has 0 aliphatic rings. The van der Waals surface area contributed by atoms with E-state index in [0.717, 1.165) is 22.4 Å². The molecule has 5 rings (SSSR count). The summed E-state index contributed by atoms with van der Waals surface area (Å²) in [6.45, 7) is 4.04. The van der Waals surface area contributed by atoms with Crippen LogP contribution in [0.25, 0.3) is 28.0 Å². The van der Waals surface area contributed by atoms with Crippen molar-refractivity contribution in [2.45, 2.75) is 24.8 Å². The van der Waals surface area contributed by atoms with Crippen LogP contribution < -0.4 is 5.56 Å². The molecule has 3 aromatic heterocycles. The molecule has 0 fully saturated rings. The second-order valence-corrected chi connectivity index (χ2v) is 8.88. The summed E-state index contributed by atoms with van der Waals surface area (Å²) < 4.78 is 7.10. The molecule has 2 aromatic carbocycles. The largest absolute Gasteiger partial charge is 0.338 e. The van der Waals surface area contributed by atoms with E-state index in [2.05, 4.69) is 16.2 Å². The van der Waals surface area contributed by atoms with Gasteiger partial charge in [0.15, 0.2) is 5.16 Å². The molecule has 5 aromatic rings. The van der Waals surface area contributed by atoms with Gasteiger partial charge in [-0.3, -0.25) is 9.36 Å². The predicted molar refractivity (Wildman–Crippen MR) is 124 cm³/mol. The fourth-order valence-corrected chi connectivity index (χ4v) is 4.90. The number of benzene rings is 2. The highest BCUT2D eigenvalue weighted by Gasteiger charge is 2.17. The Bertz CT molecular complexity index is 1440. The van der Waals surface area contributed by atoms with Crippen molar-refractivity contribution in [1.29, 1.82) is 0 Å². The zero-order valence-electron chi connectivity index (χ0n) is 16.9. The minimum absolute atomic E-state index is 0.0930. The van der Waals surface area contributed by atoms with Crippen molar-refractivity contribution in [2.24, 2.45) is 0 Å². The topological polar surface area (TPSA) is 73.8 Å². The van der Waals surface area contributed by atoms with E-state index < -0.39 is 0 Å². The first-order chi connectivity index (χ1) is 15.1. The molecule has 0 aliphatic carbocycles. The summed E-state index contributed by atoms with van der Waals surface area (Å²) in [4.78, 5) is 22.7. The first-order valence-corrected chi connectivity index (χ1v) is 11.6. The Morgan fingerprint density at radius 2 is 1.97 bits per heavy atom. The van der Waals surface area contributed by atoms with Crippen LogP contribution in [-0.4, -0.2) is 19.7 Å². The smallest absolute Gasteiger partial charge is 0.266 e. The Kier molecular flexibility index (Phi) is 5.17. The molecule has 0 bridgehead atoms. The van der Waals surface area contributed by atoms with Crippen LogP contribution in [-0.2, 0) is 5.75 Å². The monoisotopic (exact) mass is 446 g/mol. The molecule has 0 amide bonds. The zero-order chi connectivity index (χ0) is 21.4. The van der Waals surface area contributed by atoms with Crippen LogP contribution in [0.5, 0.6) is 0 Å². The van der Waals surface area contributed by atoms with Gasteiger partial charge in [0, 0.05) is 10.9 Å². The number of fused-ring (bicyclic) bond motifs is 1. The third-order valence-corrected chi connectivity index (χ3v) is 6.52. The summed E-state index contributed by atoms with van der Waals surface area (Å²) in [6.07, 6.45) is 0. The number of nitrogens with zero attached hydrogens (tertiary/aromatic N) is 4. The fraction of sp³-hybridized carbons (Fsp3) is 0.130. The average molecular weight is 447 g/mol. The number of aromatic nitrogens is 4. The molecule has 0 N–H and O–H groups in total. The molecule has 0 spiro atoms. The molecule has 0 radical (unpaired) electrons. The fourth-order valence-electron chi connectivity index (χ4n) is 3.43. The quantitative estimate of drug-likeness (QED) is 0.266. The molecule has 154 valence electrons. The van der Waals surface area contributed by atoms with Gasteiger partial charge in [-0.1, -0.05) is 46.7 Å². The summed E-state index contributed by atoms with van der Waals surface area (Å²) in [5.74, 6) is 1.46. The minimum Gasteiger partial charge on any atom is -0.338 e. The summed E-state index contributed by atoms with van der Waals surface area (Å²) >= 11 is 2.99. The summed E-state index contributed by atoms with van der Waals surface area (Å²) in [5.41, 5.74) is 4.48. The zero-order valence-corrected chi connectivity index (χ0v) is 18.5. The van der Waals surface area contributed by atoms with Gasteiger partial charge in [-0.25, -0.2) is 4.98 Å². The minimum atomic E-state index is -0.0930. The lowest BCUT2D eigenvalue weighted by Crippen LogP contribution is -2.22. The van der Waals surface area contributed by atoms with Crippen molar-refractivity contribution in [3.63, 3.8) is 0 Å². The normalized spacial score (nSPS) is 11.3. The number of rotatable bonds is 5. The van der Waals surface area contributed by atoms with Crippen LogP contribution in [0.4, 0.5) is 0 Å². The average Bonchev–Trinajstić information content (AvgIpc) is 3.45. The number of hydrogen-bond acceptors (Lipinski definition) is 7. The second kappa shape index (κ2) is 8.13. The maximum absolute atomic E-state index is 13.4. The van der Waals surface area contributed by atoms with E-state index in [-0.39, 0.29) is 5.56 Å². The van der Waals surface area contributed by atoms with Gasteiger partial charge in [-0.05, 0) is 49.1 Å². The van der Waals surface area contributed by atoms with E-state index in [4.69, 9.17) is 9.51 Å². The summed E-state index contributed by atoms with van der Waals surface area (Å²) in [6, 6.07) is 15.4. The van der Waals surface area contributed by atoms with Crippen molar-refractivity contribution in [1.82, 2.24) is 19.7 Å². The number of para-hydroxylation sites is 1. The Hall–Kier alpha value is -3.23. The number of hydrogen-bond donors (Lipinski definition) is 0. The van der Waals surface area contributed by atoms with Crippen LogP contribution in [0.1, 0.15) is 17.0 Å². The van der Waals surface area contributed by atoms with Gasteiger partial charge in [0.2, 0.25) is 11.7 Å². The first kappa shape index (κ1) is 19.7. The van der Waals surface area contributed by atoms with Crippen molar-refractivity contribution in [2.75, 3.05) is 0 Å². The van der Waals surface area contributed by atoms with Gasteiger partial charge in [-0.15, -0.1) is 0 Å². The second-order valence-electron chi connectivity index (χ2n) is 7.15. The lowest BCUT2D eigenvalue weighted by molar-refractivity contribution is 0.391. The lowest BCUT2D eigenvalue weighted by atomic mass is 10.1. The van der Waals surface area contributed by atoms with Gasteiger partial charge < -0.3 is 4.52 Å². The van der Waals surface area contributed by atoms with Crippen LogP contribution in [0, 0.1) is 13.8 Å². The highest BCUT2D eigenvalue weighted by molar-refractivity contribution is 7.98. The van der Waals surface area contributed by atoms with Gasteiger partial charge >= 0.3 is 0 Å². The molecule has 0 unspecified atom stereocenters. The summed E-state index contributed by atoms with van der Waals surface area (Å²) in [7, 11) is 0. The third kappa shape index (κ3) is 3.80. The molecular formula is C23H18N4O2S2. The van der Waals surface area contributed by atoms with Crippen molar-refractivity contribution < 1.29 is 4.52 Å². The highest BCUT2D eigenvalue weighted by atomic mass is 32.2.